The number of aromatic nitrogens is 4. The van der Waals surface area contributed by atoms with Crippen molar-refractivity contribution in [3.05, 3.63) is 94.4 Å². The van der Waals surface area contributed by atoms with Gasteiger partial charge < -0.3 is 0 Å². The molecule has 0 fully saturated rings. The second-order valence-corrected chi connectivity index (χ2v) is 8.50. The first kappa shape index (κ1) is 21.3. The summed E-state index contributed by atoms with van der Waals surface area (Å²) in [4.78, 5) is 21.9. The van der Waals surface area contributed by atoms with E-state index in [2.05, 4.69) is 16.0 Å². The second kappa shape index (κ2) is 9.08. The smallest absolute Gasteiger partial charge is 0.294 e. The van der Waals surface area contributed by atoms with Crippen LogP contribution >= 0.6 is 0 Å². The first-order valence-electron chi connectivity index (χ1n) is 9.79. The molecule has 9 heteroatoms. The highest BCUT2D eigenvalue weighted by Gasteiger charge is 2.18. The van der Waals surface area contributed by atoms with E-state index < -0.39 is 16.6 Å². The van der Waals surface area contributed by atoms with Crippen LogP contribution in [-0.4, -0.2) is 29.1 Å². The normalized spacial score (nSPS) is 11.8. The van der Waals surface area contributed by atoms with Crippen molar-refractivity contribution in [1.82, 2.24) is 19.1 Å². The summed E-state index contributed by atoms with van der Waals surface area (Å²) in [6, 6.07) is 16.3. The maximum atomic E-state index is 13.5. The molecule has 0 aliphatic heterocycles. The van der Waals surface area contributed by atoms with E-state index in [-0.39, 0.29) is 17.4 Å². The van der Waals surface area contributed by atoms with E-state index in [0.717, 1.165) is 0 Å². The van der Waals surface area contributed by atoms with Crippen molar-refractivity contribution in [2.75, 3.05) is 5.75 Å². The van der Waals surface area contributed by atoms with Gasteiger partial charge in [0.15, 0.2) is 0 Å². The van der Waals surface area contributed by atoms with Gasteiger partial charge in [0.2, 0.25) is 5.16 Å². The van der Waals surface area contributed by atoms with E-state index in [9.17, 15) is 18.7 Å². The van der Waals surface area contributed by atoms with Crippen molar-refractivity contribution in [3.8, 4) is 23.1 Å². The van der Waals surface area contributed by atoms with E-state index in [1.807, 2.05) is 0 Å². The topological polar surface area (TPSA) is 93.6 Å². The highest BCUT2D eigenvalue weighted by molar-refractivity contribution is 7.84. The summed E-state index contributed by atoms with van der Waals surface area (Å²) in [6.45, 7) is 1.94. The number of rotatable bonds is 6. The third kappa shape index (κ3) is 4.13. The lowest BCUT2D eigenvalue weighted by atomic mass is 10.1. The number of hydrogen-bond acceptors (Lipinski definition) is 5. The van der Waals surface area contributed by atoms with Crippen LogP contribution in [0.2, 0.25) is 0 Å². The minimum atomic E-state index is -1.37. The molecule has 4 rings (SSSR count). The van der Waals surface area contributed by atoms with E-state index in [1.165, 1.54) is 39.6 Å². The number of nitriles is 1. The molecule has 2 aromatic carbocycles. The molecule has 32 heavy (non-hydrogen) atoms. The first-order valence-corrected chi connectivity index (χ1v) is 11.1. The van der Waals surface area contributed by atoms with Crippen LogP contribution in [0.1, 0.15) is 18.1 Å². The maximum absolute atomic E-state index is 13.5. The lowest BCUT2D eigenvalue weighted by Gasteiger charge is -2.07. The van der Waals surface area contributed by atoms with Crippen LogP contribution in [-0.2, 0) is 17.3 Å². The fourth-order valence-electron chi connectivity index (χ4n) is 3.30. The molecule has 1 atom stereocenters. The van der Waals surface area contributed by atoms with Crippen molar-refractivity contribution in [2.45, 2.75) is 18.6 Å². The molecule has 0 aliphatic rings. The quantitative estimate of drug-likeness (QED) is 0.423. The molecule has 0 saturated carbocycles. The molecule has 0 saturated heterocycles. The lowest BCUT2D eigenvalue weighted by molar-refractivity contribution is 0.627. The number of nitrogens with zero attached hydrogens (tertiary/aromatic N) is 5. The molecule has 4 aromatic rings. The minimum absolute atomic E-state index is 0.169. The molecule has 0 N–H and O–H groups in total. The molecule has 0 spiro atoms. The van der Waals surface area contributed by atoms with Crippen molar-refractivity contribution in [2.24, 2.45) is 0 Å². The van der Waals surface area contributed by atoms with Crippen molar-refractivity contribution in [1.29, 1.82) is 5.26 Å². The monoisotopic (exact) mass is 447 g/mol. The zero-order valence-corrected chi connectivity index (χ0v) is 17.9. The Hall–Kier alpha value is -3.90. The summed E-state index contributed by atoms with van der Waals surface area (Å²) >= 11 is 0. The molecule has 2 aromatic heterocycles. The van der Waals surface area contributed by atoms with E-state index in [1.54, 1.807) is 43.5 Å². The maximum Gasteiger partial charge on any atom is 0.333 e. The minimum Gasteiger partial charge on any atom is -0.294 e. The molecule has 0 bridgehead atoms. The lowest BCUT2D eigenvalue weighted by Crippen LogP contribution is -2.24. The average Bonchev–Trinajstić information content (AvgIpc) is 3.15. The van der Waals surface area contributed by atoms with E-state index in [4.69, 9.17) is 0 Å². The number of hydrogen-bond donors (Lipinski definition) is 0. The Labute approximate surface area is 185 Å². The Morgan fingerprint density at radius 1 is 1.12 bits per heavy atom. The van der Waals surface area contributed by atoms with Gasteiger partial charge >= 0.3 is 5.69 Å². The molecular formula is C23H18FN5O2S. The summed E-state index contributed by atoms with van der Waals surface area (Å²) in [6.07, 6.45) is 3.12. The Morgan fingerprint density at radius 2 is 1.88 bits per heavy atom. The summed E-state index contributed by atoms with van der Waals surface area (Å²) in [5, 5.41) is 9.56. The zero-order valence-electron chi connectivity index (χ0n) is 17.1. The van der Waals surface area contributed by atoms with Crippen LogP contribution in [0.15, 0.2) is 76.9 Å². The third-order valence-electron chi connectivity index (χ3n) is 4.88. The van der Waals surface area contributed by atoms with Crippen molar-refractivity contribution in [3.63, 3.8) is 0 Å². The summed E-state index contributed by atoms with van der Waals surface area (Å²) < 4.78 is 28.6. The highest BCUT2D eigenvalue weighted by atomic mass is 32.2. The first-order chi connectivity index (χ1) is 15.5. The fraction of sp³-hybridized carbons (Fsp3) is 0.130. The summed E-state index contributed by atoms with van der Waals surface area (Å²) in [5.41, 5.74) is 2.08. The van der Waals surface area contributed by atoms with Crippen LogP contribution in [0, 0.1) is 17.1 Å². The Balaban J connectivity index is 1.90. The average molecular weight is 447 g/mol. The molecule has 0 amide bonds. The highest BCUT2D eigenvalue weighted by Crippen LogP contribution is 2.22. The van der Waals surface area contributed by atoms with E-state index in [0.29, 0.717) is 34.0 Å². The van der Waals surface area contributed by atoms with E-state index >= 15 is 0 Å². The van der Waals surface area contributed by atoms with Crippen LogP contribution in [0.3, 0.4) is 0 Å². The Bertz CT molecular complexity index is 1400. The fourth-order valence-corrected chi connectivity index (χ4v) is 3.94. The standard InChI is InChI=1S/C23H18FN5O2S/c1-2-32(31)22-26-12-11-20(27-22)21-15-28(14-17-6-4-3-5-16(17)13-25)23(30)29(21)19-9-7-18(24)8-10-19/h3-12,15H,2,14H2,1H3. The van der Waals surface area contributed by atoms with Gasteiger partial charge in [0.1, 0.15) is 5.82 Å². The van der Waals surface area contributed by atoms with Crippen LogP contribution in [0.4, 0.5) is 4.39 Å². The molecule has 0 radical (unpaired) electrons. The predicted molar refractivity (Wildman–Crippen MR) is 118 cm³/mol. The molecule has 0 aliphatic carbocycles. The number of imidazole rings is 1. The summed E-state index contributed by atoms with van der Waals surface area (Å²) in [5.74, 6) is -0.0615. The molecule has 2 heterocycles. The van der Waals surface area contributed by atoms with Crippen molar-refractivity contribution < 1.29 is 8.60 Å². The van der Waals surface area contributed by atoms with Gasteiger partial charge in [-0.2, -0.15) is 5.26 Å². The van der Waals surface area contributed by atoms with Crippen molar-refractivity contribution >= 4 is 10.8 Å². The van der Waals surface area contributed by atoms with Crippen LogP contribution in [0.25, 0.3) is 17.1 Å². The van der Waals surface area contributed by atoms with Gasteiger partial charge in [0.25, 0.3) is 0 Å². The zero-order chi connectivity index (χ0) is 22.7. The predicted octanol–water partition coefficient (Wildman–Crippen LogP) is 3.28. The SMILES string of the molecule is CCS(=O)c1nccc(-c2cn(Cc3ccccc3C#N)c(=O)n2-c2ccc(F)cc2)n1. The van der Waals surface area contributed by atoms with Gasteiger partial charge in [-0.05, 0) is 42.0 Å². The van der Waals surface area contributed by atoms with Gasteiger partial charge in [0, 0.05) is 18.1 Å². The molecule has 160 valence electrons. The van der Waals surface area contributed by atoms with Gasteiger partial charge in [0.05, 0.1) is 46.1 Å². The Morgan fingerprint density at radius 3 is 2.59 bits per heavy atom. The second-order valence-electron chi connectivity index (χ2n) is 6.86. The number of halogens is 1. The summed E-state index contributed by atoms with van der Waals surface area (Å²) in [7, 11) is -1.37. The largest absolute Gasteiger partial charge is 0.333 e. The number of benzene rings is 2. The van der Waals surface area contributed by atoms with Crippen LogP contribution in [0.5, 0.6) is 0 Å². The molecule has 1 unspecified atom stereocenters. The third-order valence-corrected chi connectivity index (χ3v) is 6.01. The van der Waals surface area contributed by atoms with Gasteiger partial charge in [-0.25, -0.2) is 19.2 Å². The molecular weight excluding hydrogens is 429 g/mol. The van der Waals surface area contributed by atoms with Gasteiger partial charge in [-0.15, -0.1) is 0 Å². The van der Waals surface area contributed by atoms with Gasteiger partial charge in [-0.3, -0.25) is 13.3 Å². The molecule has 7 nitrogen and oxygen atoms in total. The van der Waals surface area contributed by atoms with Crippen LogP contribution < -0.4 is 5.69 Å². The Kier molecular flexibility index (Phi) is 6.05. The van der Waals surface area contributed by atoms with Gasteiger partial charge in [-0.1, -0.05) is 25.1 Å².